The van der Waals surface area contributed by atoms with Gasteiger partial charge in [-0.15, -0.1) is 0 Å². The minimum absolute atomic E-state index is 0.231. The molecule has 1 heterocycles. The monoisotopic (exact) mass is 286 g/mol. The molecular formula is C10H15BrN4O. The Kier molecular flexibility index (Phi) is 4.82. The third kappa shape index (κ3) is 4.24. The molecule has 0 bridgehead atoms. The fourth-order valence-electron chi connectivity index (χ4n) is 1.21. The molecule has 0 radical (unpaired) electrons. The van der Waals surface area contributed by atoms with Crippen LogP contribution in [-0.2, 0) is 4.79 Å². The normalized spacial score (nSPS) is 12.6. The summed E-state index contributed by atoms with van der Waals surface area (Å²) in [7, 11) is 0. The second kappa shape index (κ2) is 5.91. The van der Waals surface area contributed by atoms with E-state index in [4.69, 9.17) is 5.73 Å². The summed E-state index contributed by atoms with van der Waals surface area (Å²) in [5.41, 5.74) is 5.73. The lowest BCUT2D eigenvalue weighted by Crippen LogP contribution is -2.36. The second-order valence-corrected chi connectivity index (χ2v) is 4.76. The molecule has 0 spiro atoms. The Bertz CT molecular complexity index is 352. The highest BCUT2D eigenvalue weighted by Gasteiger charge is 2.15. The quantitative estimate of drug-likeness (QED) is 0.880. The van der Waals surface area contributed by atoms with Crippen molar-refractivity contribution in [1.82, 2.24) is 9.97 Å². The van der Waals surface area contributed by atoms with Crippen LogP contribution < -0.4 is 11.1 Å². The van der Waals surface area contributed by atoms with E-state index < -0.39 is 6.04 Å². The number of amides is 1. The maximum Gasteiger partial charge on any atom is 0.242 e. The van der Waals surface area contributed by atoms with Crippen LogP contribution in [0.2, 0.25) is 0 Å². The Morgan fingerprint density at radius 1 is 1.50 bits per heavy atom. The topological polar surface area (TPSA) is 80.9 Å². The van der Waals surface area contributed by atoms with Crippen molar-refractivity contribution in [1.29, 1.82) is 0 Å². The van der Waals surface area contributed by atoms with Gasteiger partial charge in [-0.25, -0.2) is 9.97 Å². The van der Waals surface area contributed by atoms with Crippen LogP contribution in [0.1, 0.15) is 20.3 Å². The van der Waals surface area contributed by atoms with Crippen molar-refractivity contribution in [3.8, 4) is 0 Å². The predicted molar refractivity (Wildman–Crippen MR) is 65.8 cm³/mol. The molecule has 0 aliphatic heterocycles. The number of nitrogens with zero attached hydrogens (tertiary/aromatic N) is 2. The average molecular weight is 287 g/mol. The number of aromatic nitrogens is 2. The number of anilines is 1. The summed E-state index contributed by atoms with van der Waals surface area (Å²) in [5.74, 6) is 0.564. The van der Waals surface area contributed by atoms with Crippen LogP contribution in [0.4, 0.5) is 5.82 Å². The number of hydrogen-bond donors (Lipinski definition) is 2. The van der Waals surface area contributed by atoms with Crippen molar-refractivity contribution in [2.45, 2.75) is 26.3 Å². The van der Waals surface area contributed by atoms with Gasteiger partial charge in [0.15, 0.2) is 5.82 Å². The predicted octanol–water partition coefficient (Wildman–Crippen LogP) is 1.55. The largest absolute Gasteiger partial charge is 0.320 e. The maximum atomic E-state index is 11.6. The van der Waals surface area contributed by atoms with Crippen LogP contribution in [0.25, 0.3) is 0 Å². The zero-order valence-corrected chi connectivity index (χ0v) is 10.9. The summed E-state index contributed by atoms with van der Waals surface area (Å²) in [6, 6.07) is -0.509. The first kappa shape index (κ1) is 13.1. The highest BCUT2D eigenvalue weighted by atomic mass is 79.9. The molecule has 1 amide bonds. The number of halogens is 1. The summed E-state index contributed by atoms with van der Waals surface area (Å²) < 4.78 is 0.622. The zero-order valence-electron chi connectivity index (χ0n) is 9.27. The Morgan fingerprint density at radius 3 is 2.69 bits per heavy atom. The third-order valence-corrected chi connectivity index (χ3v) is 2.34. The van der Waals surface area contributed by atoms with E-state index in [0.717, 1.165) is 0 Å². The molecule has 5 nitrogen and oxygen atoms in total. The number of carbonyl (C=O) groups excluding carboxylic acids is 1. The summed E-state index contributed by atoms with van der Waals surface area (Å²) in [5, 5.41) is 2.62. The standard InChI is InChI=1S/C10H15BrN4O/c1-6(2)3-7(12)10(16)15-9-5-13-8(11)4-14-9/h4-7H,3,12H2,1-2H3,(H,14,15,16)/t7-/m0/s1. The second-order valence-electron chi connectivity index (χ2n) is 3.95. The minimum atomic E-state index is -0.509. The van der Waals surface area contributed by atoms with Gasteiger partial charge in [0.1, 0.15) is 4.60 Å². The summed E-state index contributed by atoms with van der Waals surface area (Å²) in [4.78, 5) is 19.6. The third-order valence-electron chi connectivity index (χ3n) is 1.93. The lowest BCUT2D eigenvalue weighted by molar-refractivity contribution is -0.117. The first-order valence-corrected chi connectivity index (χ1v) is 5.82. The van der Waals surface area contributed by atoms with E-state index in [-0.39, 0.29) is 5.91 Å². The van der Waals surface area contributed by atoms with Gasteiger partial charge in [0.2, 0.25) is 5.91 Å². The van der Waals surface area contributed by atoms with E-state index in [9.17, 15) is 4.79 Å². The van der Waals surface area contributed by atoms with Gasteiger partial charge < -0.3 is 11.1 Å². The van der Waals surface area contributed by atoms with Crippen molar-refractivity contribution in [3.63, 3.8) is 0 Å². The molecule has 0 saturated heterocycles. The highest BCUT2D eigenvalue weighted by molar-refractivity contribution is 9.10. The molecule has 0 aliphatic carbocycles. The van der Waals surface area contributed by atoms with Gasteiger partial charge in [0.05, 0.1) is 18.4 Å². The molecule has 1 atom stereocenters. The van der Waals surface area contributed by atoms with Crippen molar-refractivity contribution in [2.75, 3.05) is 5.32 Å². The first-order valence-electron chi connectivity index (χ1n) is 5.03. The molecule has 3 N–H and O–H groups in total. The number of nitrogens with one attached hydrogen (secondary N) is 1. The van der Waals surface area contributed by atoms with Crippen molar-refractivity contribution in [3.05, 3.63) is 17.0 Å². The molecule has 0 unspecified atom stereocenters. The van der Waals surface area contributed by atoms with Gasteiger partial charge >= 0.3 is 0 Å². The van der Waals surface area contributed by atoms with Gasteiger partial charge in [-0.3, -0.25) is 4.79 Å². The van der Waals surface area contributed by atoms with Crippen LogP contribution in [0.15, 0.2) is 17.0 Å². The maximum absolute atomic E-state index is 11.6. The molecule has 88 valence electrons. The van der Waals surface area contributed by atoms with Crippen LogP contribution in [-0.4, -0.2) is 21.9 Å². The molecule has 1 aromatic rings. The minimum Gasteiger partial charge on any atom is -0.320 e. The number of carbonyl (C=O) groups is 1. The molecule has 0 aromatic carbocycles. The summed E-state index contributed by atoms with van der Waals surface area (Å²) >= 11 is 3.16. The molecular weight excluding hydrogens is 272 g/mol. The van der Waals surface area contributed by atoms with E-state index in [1.807, 2.05) is 13.8 Å². The average Bonchev–Trinajstić information content (AvgIpc) is 2.20. The lowest BCUT2D eigenvalue weighted by Gasteiger charge is -2.13. The molecule has 1 aromatic heterocycles. The fourth-order valence-corrected chi connectivity index (χ4v) is 1.42. The Morgan fingerprint density at radius 2 is 2.19 bits per heavy atom. The lowest BCUT2D eigenvalue weighted by atomic mass is 10.0. The highest BCUT2D eigenvalue weighted by Crippen LogP contribution is 2.08. The summed E-state index contributed by atoms with van der Waals surface area (Å²) in [6.45, 7) is 4.04. The van der Waals surface area contributed by atoms with Crippen LogP contribution in [0, 0.1) is 5.92 Å². The molecule has 0 aliphatic rings. The molecule has 16 heavy (non-hydrogen) atoms. The van der Waals surface area contributed by atoms with E-state index in [1.54, 1.807) is 0 Å². The molecule has 6 heteroatoms. The molecule has 1 rings (SSSR count). The van der Waals surface area contributed by atoms with E-state index >= 15 is 0 Å². The Balaban J connectivity index is 2.54. The van der Waals surface area contributed by atoms with Gasteiger partial charge in [-0.1, -0.05) is 13.8 Å². The van der Waals surface area contributed by atoms with Gasteiger partial charge in [-0.2, -0.15) is 0 Å². The fraction of sp³-hybridized carbons (Fsp3) is 0.500. The van der Waals surface area contributed by atoms with Crippen LogP contribution in [0.5, 0.6) is 0 Å². The van der Waals surface area contributed by atoms with Crippen molar-refractivity contribution < 1.29 is 4.79 Å². The van der Waals surface area contributed by atoms with E-state index in [1.165, 1.54) is 12.4 Å². The number of hydrogen-bond acceptors (Lipinski definition) is 4. The van der Waals surface area contributed by atoms with Crippen molar-refractivity contribution >= 4 is 27.7 Å². The van der Waals surface area contributed by atoms with Crippen molar-refractivity contribution in [2.24, 2.45) is 11.7 Å². The van der Waals surface area contributed by atoms with E-state index in [2.05, 4.69) is 31.2 Å². The Hall–Kier alpha value is -1.01. The number of nitrogens with two attached hydrogens (primary N) is 1. The molecule has 0 fully saturated rings. The van der Waals surface area contributed by atoms with Crippen LogP contribution in [0.3, 0.4) is 0 Å². The summed E-state index contributed by atoms with van der Waals surface area (Å²) in [6.07, 6.45) is 3.64. The van der Waals surface area contributed by atoms with Gasteiger partial charge in [0.25, 0.3) is 0 Å². The smallest absolute Gasteiger partial charge is 0.242 e. The molecule has 0 saturated carbocycles. The van der Waals surface area contributed by atoms with E-state index in [0.29, 0.717) is 22.8 Å². The Labute approximate surface area is 103 Å². The van der Waals surface area contributed by atoms with Gasteiger partial charge in [-0.05, 0) is 28.3 Å². The zero-order chi connectivity index (χ0) is 12.1. The van der Waals surface area contributed by atoms with Crippen LogP contribution >= 0.6 is 15.9 Å². The number of rotatable bonds is 4. The SMILES string of the molecule is CC(C)C[C@H](N)C(=O)Nc1cnc(Br)cn1. The first-order chi connectivity index (χ1) is 7.49. The van der Waals surface area contributed by atoms with Gasteiger partial charge in [0, 0.05) is 0 Å².